The first kappa shape index (κ1) is 8.30. The molecule has 1 heterocycles. The summed E-state index contributed by atoms with van der Waals surface area (Å²) in [6.45, 7) is 0. The number of halogens is 3. The lowest BCUT2D eigenvalue weighted by Gasteiger charge is -1.99. The van der Waals surface area contributed by atoms with Crippen LogP contribution in [0.4, 0.5) is 5.69 Å². The Morgan fingerprint density at radius 3 is 2.60 bits per heavy atom. The zero-order valence-electron chi connectivity index (χ0n) is 4.74. The average Bonchev–Trinajstić information content (AvgIpc) is 1.82. The van der Waals surface area contributed by atoms with E-state index in [4.69, 9.17) is 17.3 Å². The molecule has 0 radical (unpaired) electrons. The van der Waals surface area contributed by atoms with Crippen LogP contribution in [0.25, 0.3) is 0 Å². The molecule has 0 bridgehead atoms. The largest absolute Gasteiger partial charge is 0.397 e. The number of anilines is 1. The Labute approximate surface area is 80.0 Å². The fourth-order valence-electron chi connectivity index (χ4n) is 0.486. The predicted molar refractivity (Wildman–Crippen MR) is 49.1 cm³/mol. The molecule has 0 aliphatic rings. The molecule has 0 amide bonds. The number of nitrogen functional groups attached to an aromatic ring is 1. The van der Waals surface area contributed by atoms with E-state index in [9.17, 15) is 0 Å². The Hall–Kier alpha value is 0.200. The number of nitrogens with two attached hydrogens (primary N) is 1. The number of pyridine rings is 1. The maximum atomic E-state index is 5.69. The molecule has 0 spiro atoms. The van der Waals surface area contributed by atoms with Crippen LogP contribution in [0.15, 0.2) is 15.3 Å². The van der Waals surface area contributed by atoms with Crippen LogP contribution in [0.3, 0.4) is 0 Å². The highest BCUT2D eigenvalue weighted by molar-refractivity contribution is 9.11. The molecule has 0 saturated heterocycles. The van der Waals surface area contributed by atoms with Crippen LogP contribution in [-0.4, -0.2) is 4.98 Å². The van der Waals surface area contributed by atoms with Gasteiger partial charge in [-0.1, -0.05) is 11.6 Å². The van der Waals surface area contributed by atoms with Crippen LogP contribution < -0.4 is 5.73 Å². The van der Waals surface area contributed by atoms with Gasteiger partial charge in [0.2, 0.25) is 0 Å². The minimum Gasteiger partial charge on any atom is -0.397 e. The second-order valence-corrected chi connectivity index (χ2v) is 3.58. The van der Waals surface area contributed by atoms with Crippen molar-refractivity contribution >= 4 is 49.1 Å². The Kier molecular flexibility index (Phi) is 2.55. The molecular formula is C5H3Br2ClN2. The van der Waals surface area contributed by atoms with Crippen LogP contribution in [0.2, 0.25) is 5.02 Å². The van der Waals surface area contributed by atoms with Gasteiger partial charge < -0.3 is 5.73 Å². The standard InChI is InChI=1S/C5H3Br2ClN2/c6-3-1-2(9)4(8)5(7)10-3/h1H,(H2,9,10). The van der Waals surface area contributed by atoms with E-state index in [0.29, 0.717) is 19.9 Å². The summed E-state index contributed by atoms with van der Waals surface area (Å²) in [4.78, 5) is 3.96. The third kappa shape index (κ3) is 1.62. The van der Waals surface area contributed by atoms with Gasteiger partial charge in [-0.15, -0.1) is 0 Å². The smallest absolute Gasteiger partial charge is 0.128 e. The molecule has 0 aliphatic carbocycles. The Balaban J connectivity index is 3.31. The van der Waals surface area contributed by atoms with Gasteiger partial charge in [0, 0.05) is 0 Å². The molecule has 1 aromatic rings. The third-order valence-electron chi connectivity index (χ3n) is 0.914. The van der Waals surface area contributed by atoms with E-state index in [1.54, 1.807) is 6.07 Å². The molecule has 5 heteroatoms. The molecule has 0 aliphatic heterocycles. The molecule has 2 nitrogen and oxygen atoms in total. The summed E-state index contributed by atoms with van der Waals surface area (Å²) in [5.41, 5.74) is 6.00. The minimum absolute atomic E-state index is 0.447. The molecule has 1 rings (SSSR count). The van der Waals surface area contributed by atoms with Crippen molar-refractivity contribution in [3.8, 4) is 0 Å². The summed E-state index contributed by atoms with van der Waals surface area (Å²) in [6.07, 6.45) is 0. The van der Waals surface area contributed by atoms with Gasteiger partial charge in [-0.2, -0.15) is 0 Å². The molecule has 54 valence electrons. The van der Waals surface area contributed by atoms with Crippen molar-refractivity contribution in [1.82, 2.24) is 4.98 Å². The molecule has 0 atom stereocenters. The van der Waals surface area contributed by atoms with Gasteiger partial charge in [0.1, 0.15) is 9.21 Å². The van der Waals surface area contributed by atoms with E-state index in [2.05, 4.69) is 36.8 Å². The minimum atomic E-state index is 0.447. The first-order chi connectivity index (χ1) is 4.61. The monoisotopic (exact) mass is 284 g/mol. The normalized spacial score (nSPS) is 9.90. The highest BCUT2D eigenvalue weighted by Crippen LogP contribution is 2.28. The number of rotatable bonds is 0. The Morgan fingerprint density at radius 2 is 2.10 bits per heavy atom. The summed E-state index contributed by atoms with van der Waals surface area (Å²) in [5, 5.41) is 0.447. The highest BCUT2D eigenvalue weighted by atomic mass is 79.9. The summed E-state index contributed by atoms with van der Waals surface area (Å²) in [6, 6.07) is 1.65. The fourth-order valence-corrected chi connectivity index (χ4v) is 1.66. The fraction of sp³-hybridized carbons (Fsp3) is 0. The van der Waals surface area contributed by atoms with Crippen LogP contribution in [0.1, 0.15) is 0 Å². The van der Waals surface area contributed by atoms with Crippen LogP contribution in [0, 0.1) is 0 Å². The molecule has 0 saturated carbocycles. The Morgan fingerprint density at radius 1 is 1.50 bits per heavy atom. The summed E-state index contributed by atoms with van der Waals surface area (Å²) in [7, 11) is 0. The van der Waals surface area contributed by atoms with Crippen LogP contribution >= 0.6 is 43.5 Å². The summed E-state index contributed by atoms with van der Waals surface area (Å²) < 4.78 is 1.22. The zero-order chi connectivity index (χ0) is 7.72. The van der Waals surface area contributed by atoms with Crippen molar-refractivity contribution < 1.29 is 0 Å². The van der Waals surface area contributed by atoms with E-state index in [1.165, 1.54) is 0 Å². The molecular weight excluding hydrogens is 283 g/mol. The number of hydrogen-bond acceptors (Lipinski definition) is 2. The maximum Gasteiger partial charge on any atom is 0.128 e. The predicted octanol–water partition coefficient (Wildman–Crippen LogP) is 2.84. The van der Waals surface area contributed by atoms with Gasteiger partial charge in [0.05, 0.1) is 10.7 Å². The van der Waals surface area contributed by atoms with Crippen LogP contribution in [0.5, 0.6) is 0 Å². The number of aromatic nitrogens is 1. The molecule has 0 unspecified atom stereocenters. The van der Waals surface area contributed by atoms with Gasteiger partial charge in [-0.25, -0.2) is 4.98 Å². The quantitative estimate of drug-likeness (QED) is 0.745. The van der Waals surface area contributed by atoms with Gasteiger partial charge in [0.15, 0.2) is 0 Å². The van der Waals surface area contributed by atoms with Crippen molar-refractivity contribution in [1.29, 1.82) is 0 Å². The van der Waals surface area contributed by atoms with Crippen molar-refractivity contribution in [3.05, 3.63) is 20.3 Å². The molecule has 0 fully saturated rings. The van der Waals surface area contributed by atoms with Crippen molar-refractivity contribution in [3.63, 3.8) is 0 Å². The zero-order valence-corrected chi connectivity index (χ0v) is 8.66. The van der Waals surface area contributed by atoms with E-state index >= 15 is 0 Å². The van der Waals surface area contributed by atoms with E-state index < -0.39 is 0 Å². The number of nitrogens with zero attached hydrogens (tertiary/aromatic N) is 1. The van der Waals surface area contributed by atoms with Crippen LogP contribution in [-0.2, 0) is 0 Å². The number of hydrogen-bond donors (Lipinski definition) is 1. The molecule has 2 N–H and O–H groups in total. The molecule has 10 heavy (non-hydrogen) atoms. The van der Waals surface area contributed by atoms with E-state index in [0.717, 1.165) is 0 Å². The van der Waals surface area contributed by atoms with Gasteiger partial charge in [0.25, 0.3) is 0 Å². The van der Waals surface area contributed by atoms with Gasteiger partial charge >= 0.3 is 0 Å². The first-order valence-electron chi connectivity index (χ1n) is 2.38. The first-order valence-corrected chi connectivity index (χ1v) is 4.34. The lowest BCUT2D eigenvalue weighted by atomic mass is 10.4. The Bertz CT molecular complexity index is 241. The summed E-state index contributed by atoms with van der Waals surface area (Å²) in [5.74, 6) is 0. The van der Waals surface area contributed by atoms with Gasteiger partial charge in [-0.05, 0) is 37.9 Å². The van der Waals surface area contributed by atoms with Gasteiger partial charge in [-0.3, -0.25) is 0 Å². The van der Waals surface area contributed by atoms with Crippen molar-refractivity contribution in [2.45, 2.75) is 0 Å². The third-order valence-corrected chi connectivity index (χ3v) is 2.52. The van der Waals surface area contributed by atoms with E-state index in [1.807, 2.05) is 0 Å². The lowest BCUT2D eigenvalue weighted by molar-refractivity contribution is 1.23. The second kappa shape index (κ2) is 3.07. The second-order valence-electron chi connectivity index (χ2n) is 1.64. The summed E-state index contributed by atoms with van der Waals surface area (Å²) >= 11 is 12.0. The van der Waals surface area contributed by atoms with E-state index in [-0.39, 0.29) is 0 Å². The molecule has 0 aromatic carbocycles. The van der Waals surface area contributed by atoms with Crippen molar-refractivity contribution in [2.24, 2.45) is 0 Å². The lowest BCUT2D eigenvalue weighted by Crippen LogP contribution is -1.89. The highest BCUT2D eigenvalue weighted by Gasteiger charge is 2.03. The topological polar surface area (TPSA) is 38.9 Å². The molecule has 1 aromatic heterocycles. The van der Waals surface area contributed by atoms with Crippen molar-refractivity contribution in [2.75, 3.05) is 5.73 Å². The SMILES string of the molecule is Nc1cc(Br)nc(Br)c1Cl. The average molecular weight is 286 g/mol. The maximum absolute atomic E-state index is 5.69.